The van der Waals surface area contributed by atoms with Crippen LogP contribution in [-0.4, -0.2) is 72.1 Å². The van der Waals surface area contributed by atoms with Crippen molar-refractivity contribution in [2.45, 2.75) is 38.4 Å². The van der Waals surface area contributed by atoms with Crippen molar-refractivity contribution in [2.24, 2.45) is 0 Å². The molecule has 156 valence electrons. The number of hydrogen-bond acceptors (Lipinski definition) is 5. The van der Waals surface area contributed by atoms with Crippen LogP contribution in [0.3, 0.4) is 0 Å². The summed E-state index contributed by atoms with van der Waals surface area (Å²) in [6.07, 6.45) is 5.74. The number of methoxy groups -OCH3 is 1. The number of likely N-dealkylation sites (tertiary alicyclic amines) is 1. The number of ether oxygens (including phenoxy) is 1. The summed E-state index contributed by atoms with van der Waals surface area (Å²) < 4.78 is 5.27. The number of benzene rings is 1. The van der Waals surface area contributed by atoms with E-state index in [1.165, 1.54) is 63.2 Å². The molecule has 29 heavy (non-hydrogen) atoms. The van der Waals surface area contributed by atoms with Gasteiger partial charge in [0.05, 0.1) is 12.8 Å². The Morgan fingerprint density at radius 3 is 2.38 bits per heavy atom. The highest BCUT2D eigenvalue weighted by Gasteiger charge is 2.26. The fourth-order valence-electron chi connectivity index (χ4n) is 4.67. The maximum absolute atomic E-state index is 5.27. The first-order valence-corrected chi connectivity index (χ1v) is 11.0. The Kier molecular flexibility index (Phi) is 7.14. The zero-order chi connectivity index (χ0) is 19.9. The van der Waals surface area contributed by atoms with Crippen molar-refractivity contribution in [3.05, 3.63) is 59.9 Å². The van der Waals surface area contributed by atoms with Crippen LogP contribution in [-0.2, 0) is 13.1 Å². The van der Waals surface area contributed by atoms with Gasteiger partial charge < -0.3 is 4.74 Å². The molecule has 0 unspecified atom stereocenters. The van der Waals surface area contributed by atoms with Crippen LogP contribution in [0.4, 0.5) is 0 Å². The van der Waals surface area contributed by atoms with Crippen LogP contribution in [0, 0.1) is 0 Å². The van der Waals surface area contributed by atoms with Crippen LogP contribution >= 0.6 is 0 Å². The summed E-state index contributed by atoms with van der Waals surface area (Å²) in [5.74, 6) is 0.936. The molecule has 2 saturated heterocycles. The first kappa shape index (κ1) is 20.3. The first-order valence-electron chi connectivity index (χ1n) is 11.0. The standard InChI is InChI=1S/C24H34N4O/c1-29-24-8-6-21(7-9-24)19-27-15-10-23(11-16-27)28-14-4-13-26(17-18-28)20-22-5-2-3-12-25-22/h2-3,5-9,12,23H,4,10-11,13-20H2,1H3. The molecule has 0 radical (unpaired) electrons. The van der Waals surface area contributed by atoms with Gasteiger partial charge in [0.2, 0.25) is 0 Å². The van der Waals surface area contributed by atoms with E-state index < -0.39 is 0 Å². The highest BCUT2D eigenvalue weighted by molar-refractivity contribution is 5.27. The van der Waals surface area contributed by atoms with E-state index in [4.69, 9.17) is 4.74 Å². The SMILES string of the molecule is COc1ccc(CN2CCC(N3CCCN(Cc4ccccn4)CC3)CC2)cc1. The minimum absolute atomic E-state index is 0.747. The summed E-state index contributed by atoms with van der Waals surface area (Å²) in [6.45, 7) is 9.20. The van der Waals surface area contributed by atoms with Gasteiger partial charge in [0.25, 0.3) is 0 Å². The zero-order valence-electron chi connectivity index (χ0n) is 17.7. The van der Waals surface area contributed by atoms with E-state index in [2.05, 4.69) is 56.1 Å². The summed E-state index contributed by atoms with van der Waals surface area (Å²) in [7, 11) is 1.72. The molecule has 2 aliphatic heterocycles. The Hall–Kier alpha value is -1.95. The summed E-state index contributed by atoms with van der Waals surface area (Å²) in [6, 6.07) is 15.5. The van der Waals surface area contributed by atoms with Gasteiger partial charge in [-0.3, -0.25) is 19.7 Å². The van der Waals surface area contributed by atoms with E-state index in [9.17, 15) is 0 Å². The van der Waals surface area contributed by atoms with Gasteiger partial charge in [-0.1, -0.05) is 18.2 Å². The summed E-state index contributed by atoms with van der Waals surface area (Å²) in [5, 5.41) is 0. The van der Waals surface area contributed by atoms with Crippen molar-refractivity contribution in [2.75, 3.05) is 46.4 Å². The van der Waals surface area contributed by atoms with E-state index >= 15 is 0 Å². The van der Waals surface area contributed by atoms with E-state index in [-0.39, 0.29) is 0 Å². The molecular formula is C24H34N4O. The number of pyridine rings is 1. The number of piperidine rings is 1. The smallest absolute Gasteiger partial charge is 0.118 e. The van der Waals surface area contributed by atoms with E-state index in [0.717, 1.165) is 31.4 Å². The van der Waals surface area contributed by atoms with Crippen molar-refractivity contribution >= 4 is 0 Å². The van der Waals surface area contributed by atoms with Crippen LogP contribution < -0.4 is 4.74 Å². The van der Waals surface area contributed by atoms with Gasteiger partial charge in [0, 0.05) is 38.4 Å². The minimum Gasteiger partial charge on any atom is -0.497 e. The molecule has 2 aliphatic rings. The van der Waals surface area contributed by atoms with Crippen molar-refractivity contribution in [1.82, 2.24) is 19.7 Å². The highest BCUT2D eigenvalue weighted by Crippen LogP contribution is 2.21. The van der Waals surface area contributed by atoms with E-state index in [0.29, 0.717) is 0 Å². The minimum atomic E-state index is 0.747. The van der Waals surface area contributed by atoms with Crippen molar-refractivity contribution in [3.63, 3.8) is 0 Å². The summed E-state index contributed by atoms with van der Waals surface area (Å²) in [4.78, 5) is 12.4. The Bertz CT molecular complexity index is 728. The van der Waals surface area contributed by atoms with Gasteiger partial charge in [-0.2, -0.15) is 0 Å². The zero-order valence-corrected chi connectivity index (χ0v) is 17.7. The first-order chi connectivity index (χ1) is 14.3. The topological polar surface area (TPSA) is 31.8 Å². The Morgan fingerprint density at radius 1 is 0.862 bits per heavy atom. The molecule has 0 atom stereocenters. The molecule has 2 aromatic rings. The molecule has 4 rings (SSSR count). The average Bonchev–Trinajstić information content (AvgIpc) is 3.01. The summed E-state index contributed by atoms with van der Waals surface area (Å²) in [5.41, 5.74) is 2.57. The Morgan fingerprint density at radius 2 is 1.66 bits per heavy atom. The van der Waals surface area contributed by atoms with Crippen molar-refractivity contribution in [3.8, 4) is 5.75 Å². The van der Waals surface area contributed by atoms with Crippen LogP contribution in [0.5, 0.6) is 5.75 Å². The number of aromatic nitrogens is 1. The molecule has 1 aromatic carbocycles. The van der Waals surface area contributed by atoms with Gasteiger partial charge in [-0.15, -0.1) is 0 Å². The second-order valence-corrected chi connectivity index (χ2v) is 8.34. The Balaban J connectivity index is 1.22. The predicted octanol–water partition coefficient (Wildman–Crippen LogP) is 3.26. The molecule has 2 fully saturated rings. The molecule has 0 spiro atoms. The van der Waals surface area contributed by atoms with Gasteiger partial charge in [0.15, 0.2) is 0 Å². The third kappa shape index (κ3) is 5.78. The third-order valence-electron chi connectivity index (χ3n) is 6.37. The molecule has 5 nitrogen and oxygen atoms in total. The lowest BCUT2D eigenvalue weighted by atomic mass is 10.0. The molecule has 0 N–H and O–H groups in total. The molecule has 0 aliphatic carbocycles. The lowest BCUT2D eigenvalue weighted by Gasteiger charge is -2.38. The molecule has 1 aromatic heterocycles. The monoisotopic (exact) mass is 394 g/mol. The quantitative estimate of drug-likeness (QED) is 0.751. The van der Waals surface area contributed by atoms with E-state index in [1.54, 1.807) is 7.11 Å². The molecular weight excluding hydrogens is 360 g/mol. The van der Waals surface area contributed by atoms with Gasteiger partial charge in [0.1, 0.15) is 5.75 Å². The van der Waals surface area contributed by atoms with Gasteiger partial charge in [-0.05, 0) is 75.3 Å². The fourth-order valence-corrected chi connectivity index (χ4v) is 4.67. The number of hydrogen-bond donors (Lipinski definition) is 0. The predicted molar refractivity (Wildman–Crippen MR) is 117 cm³/mol. The fraction of sp³-hybridized carbons (Fsp3) is 0.542. The van der Waals surface area contributed by atoms with Crippen LogP contribution in [0.1, 0.15) is 30.5 Å². The van der Waals surface area contributed by atoms with Crippen LogP contribution in [0.25, 0.3) is 0 Å². The maximum Gasteiger partial charge on any atom is 0.118 e. The van der Waals surface area contributed by atoms with Crippen LogP contribution in [0.2, 0.25) is 0 Å². The molecule has 3 heterocycles. The van der Waals surface area contributed by atoms with Crippen molar-refractivity contribution < 1.29 is 4.74 Å². The summed E-state index contributed by atoms with van der Waals surface area (Å²) >= 11 is 0. The molecule has 0 bridgehead atoms. The normalized spacial score (nSPS) is 20.4. The number of rotatable bonds is 6. The highest BCUT2D eigenvalue weighted by atomic mass is 16.5. The molecule has 0 amide bonds. The van der Waals surface area contributed by atoms with Gasteiger partial charge in [-0.25, -0.2) is 0 Å². The van der Waals surface area contributed by atoms with Crippen LogP contribution in [0.15, 0.2) is 48.7 Å². The lowest BCUT2D eigenvalue weighted by Crippen LogP contribution is -2.45. The van der Waals surface area contributed by atoms with Gasteiger partial charge >= 0.3 is 0 Å². The molecule has 0 saturated carbocycles. The average molecular weight is 395 g/mol. The Labute approximate surface area is 175 Å². The second kappa shape index (κ2) is 10.2. The second-order valence-electron chi connectivity index (χ2n) is 8.34. The largest absolute Gasteiger partial charge is 0.497 e. The maximum atomic E-state index is 5.27. The molecule has 5 heteroatoms. The van der Waals surface area contributed by atoms with Crippen molar-refractivity contribution in [1.29, 1.82) is 0 Å². The van der Waals surface area contributed by atoms with E-state index in [1.807, 2.05) is 12.3 Å². The number of nitrogens with zero attached hydrogens (tertiary/aromatic N) is 4. The third-order valence-corrected chi connectivity index (χ3v) is 6.37. The lowest BCUT2D eigenvalue weighted by molar-refractivity contribution is 0.106.